The number of rotatable bonds is 5. The molecule has 0 radical (unpaired) electrons. The normalized spacial score (nSPS) is 20.4. The van der Waals surface area contributed by atoms with Crippen LogP contribution < -0.4 is 14.5 Å². The SMILES string of the molecule is COc1ccc(C2(C)C(=O)c3c(N4CCN(C)CC4)cc(Cl)cc3N(Cc3ccccc3)C2=O)cc1. The van der Waals surface area contributed by atoms with Crippen molar-refractivity contribution in [3.63, 3.8) is 0 Å². The smallest absolute Gasteiger partial charge is 0.245 e. The molecule has 3 aromatic rings. The lowest BCUT2D eigenvalue weighted by atomic mass is 9.71. The fraction of sp³-hybridized carbons (Fsp3) is 0.310. The number of hydrogen-bond acceptors (Lipinski definition) is 5. The van der Waals surface area contributed by atoms with Gasteiger partial charge in [-0.15, -0.1) is 0 Å². The third kappa shape index (κ3) is 4.14. The number of fused-ring (bicyclic) bond motifs is 1. The number of nitrogens with zero attached hydrogens (tertiary/aromatic N) is 3. The van der Waals surface area contributed by atoms with Crippen LogP contribution in [-0.4, -0.2) is 56.9 Å². The van der Waals surface area contributed by atoms with Crippen molar-refractivity contribution in [2.45, 2.75) is 18.9 Å². The number of ether oxygens (including phenoxy) is 1. The number of ketones is 1. The van der Waals surface area contributed by atoms with Gasteiger partial charge in [0.1, 0.15) is 11.2 Å². The van der Waals surface area contributed by atoms with Crippen LogP contribution in [0.1, 0.15) is 28.4 Å². The van der Waals surface area contributed by atoms with Crippen molar-refractivity contribution in [1.29, 1.82) is 0 Å². The van der Waals surface area contributed by atoms with Gasteiger partial charge < -0.3 is 19.4 Å². The average Bonchev–Trinajstić information content (AvgIpc) is 2.90. The number of amides is 1. The number of Topliss-reactive ketones (excluding diaryl/α,β-unsaturated/α-hetero) is 1. The molecule has 36 heavy (non-hydrogen) atoms. The first-order valence-electron chi connectivity index (χ1n) is 12.1. The fourth-order valence-electron chi connectivity index (χ4n) is 5.15. The van der Waals surface area contributed by atoms with Crippen LogP contribution in [0.25, 0.3) is 0 Å². The van der Waals surface area contributed by atoms with Gasteiger partial charge >= 0.3 is 0 Å². The fourth-order valence-corrected chi connectivity index (χ4v) is 5.36. The molecule has 1 amide bonds. The molecule has 1 saturated heterocycles. The van der Waals surface area contributed by atoms with E-state index in [4.69, 9.17) is 16.3 Å². The molecule has 5 rings (SSSR count). The first-order valence-corrected chi connectivity index (χ1v) is 12.5. The molecular weight excluding hydrogens is 474 g/mol. The Morgan fingerprint density at radius 1 is 0.917 bits per heavy atom. The van der Waals surface area contributed by atoms with E-state index in [2.05, 4.69) is 16.8 Å². The molecule has 0 aliphatic carbocycles. The molecule has 0 spiro atoms. The second kappa shape index (κ2) is 9.60. The lowest BCUT2D eigenvalue weighted by Gasteiger charge is -2.43. The highest BCUT2D eigenvalue weighted by atomic mass is 35.5. The van der Waals surface area contributed by atoms with E-state index in [1.807, 2.05) is 48.5 Å². The summed E-state index contributed by atoms with van der Waals surface area (Å²) in [6.07, 6.45) is 0. The molecule has 1 fully saturated rings. The number of halogens is 1. The van der Waals surface area contributed by atoms with Crippen LogP contribution >= 0.6 is 11.6 Å². The first kappa shape index (κ1) is 24.3. The summed E-state index contributed by atoms with van der Waals surface area (Å²) in [5, 5.41) is 0.509. The summed E-state index contributed by atoms with van der Waals surface area (Å²) in [5.74, 6) is 0.202. The Balaban J connectivity index is 1.69. The number of hydrogen-bond donors (Lipinski definition) is 0. The summed E-state index contributed by atoms with van der Waals surface area (Å²) in [6, 6.07) is 20.7. The van der Waals surface area contributed by atoms with E-state index in [1.165, 1.54) is 0 Å². The maximum atomic E-state index is 14.4. The molecule has 7 heteroatoms. The van der Waals surface area contributed by atoms with E-state index in [0.29, 0.717) is 34.1 Å². The highest BCUT2D eigenvalue weighted by Crippen LogP contribution is 2.46. The zero-order valence-electron chi connectivity index (χ0n) is 20.8. The Hall–Kier alpha value is -3.35. The Labute approximate surface area is 217 Å². The van der Waals surface area contributed by atoms with Crippen LogP contribution in [0.4, 0.5) is 11.4 Å². The lowest BCUT2D eigenvalue weighted by molar-refractivity contribution is -0.122. The standard InChI is InChI=1S/C29H30ClN3O3/c1-29(21-9-11-23(36-3)12-10-21)27(34)26-24(32-15-13-31(2)14-16-32)17-22(30)18-25(26)33(28(29)35)19-20-7-5-4-6-8-20/h4-12,17-18H,13-16,19H2,1-3H3. The van der Waals surface area contributed by atoms with Gasteiger partial charge in [-0.3, -0.25) is 9.59 Å². The van der Waals surface area contributed by atoms with Crippen molar-refractivity contribution < 1.29 is 14.3 Å². The number of carbonyl (C=O) groups is 2. The van der Waals surface area contributed by atoms with Crippen LogP contribution in [-0.2, 0) is 16.8 Å². The molecular formula is C29H30ClN3O3. The summed E-state index contributed by atoms with van der Waals surface area (Å²) < 4.78 is 5.31. The third-order valence-electron chi connectivity index (χ3n) is 7.40. The average molecular weight is 504 g/mol. The largest absolute Gasteiger partial charge is 0.497 e. The highest BCUT2D eigenvalue weighted by molar-refractivity contribution is 6.34. The number of likely N-dealkylation sites (N-methyl/N-ethyl adjacent to an activating group) is 1. The minimum absolute atomic E-state index is 0.206. The van der Waals surface area contributed by atoms with Crippen molar-refractivity contribution in [1.82, 2.24) is 4.90 Å². The van der Waals surface area contributed by atoms with Crippen LogP contribution in [0.2, 0.25) is 5.02 Å². The van der Waals surface area contributed by atoms with E-state index < -0.39 is 5.41 Å². The second-order valence-electron chi connectivity index (χ2n) is 9.67. The summed E-state index contributed by atoms with van der Waals surface area (Å²) >= 11 is 6.61. The molecule has 1 unspecified atom stereocenters. The van der Waals surface area contributed by atoms with Crippen molar-refractivity contribution in [2.24, 2.45) is 0 Å². The Morgan fingerprint density at radius 2 is 1.56 bits per heavy atom. The molecule has 0 bridgehead atoms. The third-order valence-corrected chi connectivity index (χ3v) is 7.62. The van der Waals surface area contributed by atoms with Crippen LogP contribution in [0.3, 0.4) is 0 Å². The van der Waals surface area contributed by atoms with Gasteiger partial charge in [-0.1, -0.05) is 54.1 Å². The van der Waals surface area contributed by atoms with E-state index in [0.717, 1.165) is 37.4 Å². The number of benzene rings is 3. The number of anilines is 2. The maximum Gasteiger partial charge on any atom is 0.245 e. The second-order valence-corrected chi connectivity index (χ2v) is 10.1. The topological polar surface area (TPSA) is 53.1 Å². The van der Waals surface area contributed by atoms with Gasteiger partial charge in [0.2, 0.25) is 5.91 Å². The Kier molecular flexibility index (Phi) is 6.49. The van der Waals surface area contributed by atoms with Gasteiger partial charge in [-0.05, 0) is 49.4 Å². The van der Waals surface area contributed by atoms with Crippen molar-refractivity contribution >= 4 is 34.7 Å². The monoisotopic (exact) mass is 503 g/mol. The van der Waals surface area contributed by atoms with Crippen LogP contribution in [0.5, 0.6) is 5.75 Å². The Bertz CT molecular complexity index is 1290. The zero-order valence-corrected chi connectivity index (χ0v) is 21.6. The van der Waals surface area contributed by atoms with Crippen molar-refractivity contribution in [2.75, 3.05) is 50.1 Å². The van der Waals surface area contributed by atoms with E-state index in [1.54, 1.807) is 37.1 Å². The molecule has 0 N–H and O–H groups in total. The predicted octanol–water partition coefficient (Wildman–Crippen LogP) is 4.79. The van der Waals surface area contributed by atoms with Gasteiger partial charge in [0.05, 0.1) is 30.6 Å². The maximum absolute atomic E-state index is 14.4. The molecule has 2 aliphatic heterocycles. The van der Waals surface area contributed by atoms with E-state index in [9.17, 15) is 9.59 Å². The molecule has 0 saturated carbocycles. The molecule has 2 heterocycles. The predicted molar refractivity (Wildman–Crippen MR) is 143 cm³/mol. The van der Waals surface area contributed by atoms with Crippen molar-refractivity contribution in [3.8, 4) is 5.75 Å². The van der Waals surface area contributed by atoms with Gasteiger partial charge in [0.25, 0.3) is 0 Å². The minimum Gasteiger partial charge on any atom is -0.497 e. The summed E-state index contributed by atoms with van der Waals surface area (Å²) in [6.45, 7) is 5.41. The molecule has 2 aliphatic rings. The lowest BCUT2D eigenvalue weighted by Crippen LogP contribution is -2.55. The molecule has 1 atom stereocenters. The number of methoxy groups -OCH3 is 1. The molecule has 0 aromatic heterocycles. The summed E-state index contributed by atoms with van der Waals surface area (Å²) in [4.78, 5) is 34.8. The first-order chi connectivity index (χ1) is 17.3. The van der Waals surface area contributed by atoms with Gasteiger partial charge in [-0.25, -0.2) is 0 Å². The molecule has 6 nitrogen and oxygen atoms in total. The molecule has 186 valence electrons. The minimum atomic E-state index is -1.39. The van der Waals surface area contributed by atoms with E-state index >= 15 is 0 Å². The highest BCUT2D eigenvalue weighted by Gasteiger charge is 2.52. The summed E-state index contributed by atoms with van der Waals surface area (Å²) in [5.41, 5.74) is 2.15. The quantitative estimate of drug-likeness (QED) is 0.469. The van der Waals surface area contributed by atoms with Gasteiger partial charge in [-0.2, -0.15) is 0 Å². The van der Waals surface area contributed by atoms with Gasteiger partial charge in [0.15, 0.2) is 5.78 Å². The van der Waals surface area contributed by atoms with Gasteiger partial charge in [0, 0.05) is 31.2 Å². The summed E-state index contributed by atoms with van der Waals surface area (Å²) in [7, 11) is 3.69. The number of piperazine rings is 1. The van der Waals surface area contributed by atoms with Crippen LogP contribution in [0.15, 0.2) is 66.7 Å². The number of carbonyl (C=O) groups excluding carboxylic acids is 2. The zero-order chi connectivity index (χ0) is 25.4. The Morgan fingerprint density at radius 3 is 2.19 bits per heavy atom. The van der Waals surface area contributed by atoms with Crippen LogP contribution in [0, 0.1) is 0 Å². The molecule has 3 aromatic carbocycles. The van der Waals surface area contributed by atoms with Crippen molar-refractivity contribution in [3.05, 3.63) is 88.4 Å². The van der Waals surface area contributed by atoms with E-state index in [-0.39, 0.29) is 11.7 Å².